The molecule has 0 fully saturated rings. The molecule has 0 aliphatic heterocycles. The van der Waals surface area contributed by atoms with Crippen molar-refractivity contribution in [3.63, 3.8) is 0 Å². The zero-order chi connectivity index (χ0) is 15.4. The van der Waals surface area contributed by atoms with Crippen molar-refractivity contribution >= 4 is 23.2 Å². The van der Waals surface area contributed by atoms with Gasteiger partial charge in [0.05, 0.1) is 5.39 Å². The lowest BCUT2D eigenvalue weighted by atomic mass is 10.0. The predicted octanol–water partition coefficient (Wildman–Crippen LogP) is 0.879. The fourth-order valence-corrected chi connectivity index (χ4v) is 2.05. The van der Waals surface area contributed by atoms with Gasteiger partial charge in [-0.1, -0.05) is 6.07 Å². The van der Waals surface area contributed by atoms with Crippen molar-refractivity contribution in [2.45, 2.75) is 25.3 Å². The fraction of sp³-hybridized carbons (Fsp3) is 0.267. The van der Waals surface area contributed by atoms with Gasteiger partial charge in [0.1, 0.15) is 23.7 Å². The summed E-state index contributed by atoms with van der Waals surface area (Å²) in [7, 11) is 0. The van der Waals surface area contributed by atoms with Crippen LogP contribution in [0.25, 0.3) is 11.0 Å². The van der Waals surface area contributed by atoms with Crippen LogP contribution >= 0.6 is 0 Å². The number of nitrogens with two attached hydrogens (primary N) is 1. The molecule has 0 aliphatic carbocycles. The molecule has 0 bridgehead atoms. The Bertz CT molecular complexity index is 734. The van der Waals surface area contributed by atoms with Crippen LogP contribution in [0.1, 0.15) is 17.7 Å². The Hall–Kier alpha value is -2.47. The van der Waals surface area contributed by atoms with E-state index >= 15 is 0 Å². The normalized spacial score (nSPS) is 12.2. The first-order valence-electron chi connectivity index (χ1n) is 6.49. The molecule has 2 aromatic rings. The smallest absolute Gasteiger partial charge is 0.320 e. The molecule has 0 radical (unpaired) electrons. The molecule has 1 heterocycles. The maximum atomic E-state index is 12.0. The minimum atomic E-state index is -1.09. The van der Waals surface area contributed by atoms with Crippen LogP contribution in [0.4, 0.5) is 0 Å². The van der Waals surface area contributed by atoms with Crippen LogP contribution in [-0.2, 0) is 22.4 Å². The number of carbonyl (C=O) groups excluding carboxylic acids is 1. The summed E-state index contributed by atoms with van der Waals surface area (Å²) in [4.78, 5) is 33.1. The van der Waals surface area contributed by atoms with Gasteiger partial charge in [0.15, 0.2) is 5.43 Å². The Morgan fingerprint density at radius 1 is 1.38 bits per heavy atom. The van der Waals surface area contributed by atoms with Gasteiger partial charge in [-0.05, 0) is 24.1 Å². The van der Waals surface area contributed by atoms with Gasteiger partial charge in [-0.2, -0.15) is 0 Å². The van der Waals surface area contributed by atoms with Crippen molar-refractivity contribution < 1.29 is 19.1 Å². The van der Waals surface area contributed by atoms with E-state index in [0.717, 1.165) is 6.29 Å². The van der Waals surface area contributed by atoms with Crippen LogP contribution < -0.4 is 11.2 Å². The first-order chi connectivity index (χ1) is 10.0. The van der Waals surface area contributed by atoms with E-state index in [9.17, 15) is 14.4 Å². The average molecular weight is 289 g/mol. The lowest BCUT2D eigenvalue weighted by Crippen LogP contribution is -2.32. The summed E-state index contributed by atoms with van der Waals surface area (Å²) < 4.78 is 5.55. The van der Waals surface area contributed by atoms with Crippen LogP contribution in [0.15, 0.2) is 33.5 Å². The number of hydrogen-bond donors (Lipinski definition) is 2. The summed E-state index contributed by atoms with van der Waals surface area (Å²) in [5, 5.41) is 9.17. The molecule has 1 aromatic carbocycles. The van der Waals surface area contributed by atoms with E-state index < -0.39 is 12.0 Å². The third kappa shape index (κ3) is 3.55. The monoisotopic (exact) mass is 289 g/mol. The largest absolute Gasteiger partial charge is 0.480 e. The van der Waals surface area contributed by atoms with Crippen LogP contribution in [-0.4, -0.2) is 23.4 Å². The summed E-state index contributed by atoms with van der Waals surface area (Å²) >= 11 is 0. The number of benzene rings is 1. The fourth-order valence-electron chi connectivity index (χ4n) is 2.05. The van der Waals surface area contributed by atoms with Crippen LogP contribution in [0, 0.1) is 0 Å². The van der Waals surface area contributed by atoms with Gasteiger partial charge in [-0.15, -0.1) is 0 Å². The molecule has 0 saturated heterocycles. The number of carboxylic acid groups (broad SMARTS) is 1. The molecule has 6 heteroatoms. The molecule has 1 atom stereocenters. The van der Waals surface area contributed by atoms with E-state index in [-0.39, 0.29) is 11.8 Å². The number of aliphatic carboxylic acids is 1. The van der Waals surface area contributed by atoms with Gasteiger partial charge in [0, 0.05) is 18.9 Å². The predicted molar refractivity (Wildman–Crippen MR) is 76.2 cm³/mol. The van der Waals surface area contributed by atoms with Gasteiger partial charge in [0.2, 0.25) is 0 Å². The SMILES string of the molecule is NC(Cc1ccc2oc(CCC=O)cc(=O)c2c1)C(=O)O. The van der Waals surface area contributed by atoms with Crippen molar-refractivity contribution in [1.82, 2.24) is 0 Å². The number of aryl methyl sites for hydroxylation is 1. The zero-order valence-electron chi connectivity index (χ0n) is 11.2. The molecule has 6 nitrogen and oxygen atoms in total. The molecule has 0 aliphatic rings. The third-order valence-electron chi connectivity index (χ3n) is 3.12. The molecule has 0 amide bonds. The summed E-state index contributed by atoms with van der Waals surface area (Å²) in [5.41, 5.74) is 6.33. The highest BCUT2D eigenvalue weighted by atomic mass is 16.4. The minimum Gasteiger partial charge on any atom is -0.480 e. The molecule has 110 valence electrons. The molecule has 0 saturated carbocycles. The summed E-state index contributed by atoms with van der Waals surface area (Å²) in [5.74, 6) is -0.638. The summed E-state index contributed by atoms with van der Waals surface area (Å²) in [6.07, 6.45) is 1.57. The van der Waals surface area contributed by atoms with Crippen molar-refractivity contribution in [3.05, 3.63) is 45.8 Å². The van der Waals surface area contributed by atoms with E-state index in [4.69, 9.17) is 15.3 Å². The van der Waals surface area contributed by atoms with E-state index in [1.54, 1.807) is 18.2 Å². The number of carbonyl (C=O) groups is 2. The van der Waals surface area contributed by atoms with Crippen molar-refractivity contribution in [3.8, 4) is 0 Å². The second-order valence-corrected chi connectivity index (χ2v) is 4.76. The molecule has 1 aromatic heterocycles. The Morgan fingerprint density at radius 2 is 2.14 bits per heavy atom. The molecule has 2 rings (SSSR count). The second-order valence-electron chi connectivity index (χ2n) is 4.76. The average Bonchev–Trinajstić information content (AvgIpc) is 2.45. The van der Waals surface area contributed by atoms with Crippen molar-refractivity contribution in [1.29, 1.82) is 0 Å². The number of aldehydes is 1. The Kier molecular flexibility index (Phi) is 4.49. The maximum absolute atomic E-state index is 12.0. The topological polar surface area (TPSA) is 111 Å². The lowest BCUT2D eigenvalue weighted by Gasteiger charge is -2.07. The first kappa shape index (κ1) is 14.9. The Morgan fingerprint density at radius 3 is 2.81 bits per heavy atom. The highest BCUT2D eigenvalue weighted by Crippen LogP contribution is 2.16. The third-order valence-corrected chi connectivity index (χ3v) is 3.12. The van der Waals surface area contributed by atoms with Crippen LogP contribution in [0.5, 0.6) is 0 Å². The minimum absolute atomic E-state index is 0.137. The van der Waals surface area contributed by atoms with Crippen LogP contribution in [0.2, 0.25) is 0 Å². The summed E-state index contributed by atoms with van der Waals surface area (Å²) in [6, 6.07) is 5.23. The number of rotatable bonds is 6. The molecule has 21 heavy (non-hydrogen) atoms. The van der Waals surface area contributed by atoms with Gasteiger partial charge in [0.25, 0.3) is 0 Å². The van der Waals surface area contributed by atoms with Crippen molar-refractivity contribution in [2.24, 2.45) is 5.73 Å². The molecular formula is C15H15NO5. The Labute approximate surface area is 120 Å². The van der Waals surface area contributed by atoms with E-state index in [2.05, 4.69) is 0 Å². The summed E-state index contributed by atoms with van der Waals surface area (Å²) in [6.45, 7) is 0. The number of carboxylic acids is 1. The van der Waals surface area contributed by atoms with Crippen LogP contribution in [0.3, 0.4) is 0 Å². The molecule has 0 spiro atoms. The highest BCUT2D eigenvalue weighted by molar-refractivity contribution is 5.78. The highest BCUT2D eigenvalue weighted by Gasteiger charge is 2.13. The second kappa shape index (κ2) is 6.32. The Balaban J connectivity index is 2.35. The zero-order valence-corrected chi connectivity index (χ0v) is 11.2. The van der Waals surface area contributed by atoms with Gasteiger partial charge < -0.3 is 20.1 Å². The van der Waals surface area contributed by atoms with E-state index in [1.165, 1.54) is 6.07 Å². The maximum Gasteiger partial charge on any atom is 0.320 e. The lowest BCUT2D eigenvalue weighted by molar-refractivity contribution is -0.138. The number of hydrogen-bond acceptors (Lipinski definition) is 5. The quantitative estimate of drug-likeness (QED) is 0.764. The molecular weight excluding hydrogens is 274 g/mol. The molecule has 3 N–H and O–H groups in total. The van der Waals surface area contributed by atoms with Gasteiger partial charge in [-0.3, -0.25) is 9.59 Å². The van der Waals surface area contributed by atoms with Gasteiger partial charge >= 0.3 is 5.97 Å². The van der Waals surface area contributed by atoms with Crippen molar-refractivity contribution in [2.75, 3.05) is 0 Å². The van der Waals surface area contributed by atoms with Gasteiger partial charge in [-0.25, -0.2) is 0 Å². The standard InChI is InChI=1S/C15H15NO5/c16-12(15(19)20)7-9-3-4-14-11(6-9)13(18)8-10(21-14)2-1-5-17/h3-6,8,12H,1-2,7,16H2,(H,19,20). The van der Waals surface area contributed by atoms with E-state index in [1.807, 2.05) is 0 Å². The molecule has 1 unspecified atom stereocenters. The first-order valence-corrected chi connectivity index (χ1v) is 6.49. The van der Waals surface area contributed by atoms with E-state index in [0.29, 0.717) is 35.1 Å². The number of fused-ring (bicyclic) bond motifs is 1.